The van der Waals surface area contributed by atoms with Gasteiger partial charge in [0.2, 0.25) is 5.91 Å². The van der Waals surface area contributed by atoms with E-state index < -0.39 is 86.8 Å². The highest BCUT2D eigenvalue weighted by molar-refractivity contribution is 5.76. The van der Waals surface area contributed by atoms with Crippen LogP contribution in [0.1, 0.15) is 296 Å². The molecule has 472 valence electrons. The molecule has 80 heavy (non-hydrogen) atoms. The van der Waals surface area contributed by atoms with Crippen LogP contribution in [0.5, 0.6) is 0 Å². The zero-order valence-corrected chi connectivity index (χ0v) is 51.1. The summed E-state index contributed by atoms with van der Waals surface area (Å²) in [5.41, 5.74) is 0. The summed E-state index contributed by atoms with van der Waals surface area (Å²) in [7, 11) is 0. The second-order valence-corrected chi connectivity index (χ2v) is 24.0. The lowest BCUT2D eigenvalue weighted by Gasteiger charge is -2.46. The van der Waals surface area contributed by atoms with Crippen molar-refractivity contribution in [3.63, 3.8) is 0 Å². The van der Waals surface area contributed by atoms with Gasteiger partial charge in [0.25, 0.3) is 0 Å². The van der Waals surface area contributed by atoms with Crippen molar-refractivity contribution in [3.8, 4) is 0 Å². The van der Waals surface area contributed by atoms with E-state index in [1.54, 1.807) is 6.08 Å². The molecule has 2 aliphatic rings. The standard InChI is InChI=1S/C66H125NO13/c1-3-5-7-9-11-13-14-15-16-17-18-19-20-21-22-23-24-25-26-27-28-29-30-31-32-33-34-35-36-37-38-39-40-42-44-46-48-50-58(71)67-54(55(70)49-47-45-43-41-12-10-8-6-4-2)53-77-65-63(76)61(74)64(57(52-69)79-65)80-66-62(75)60(73)59(72)56(51-68)78-66/h12,41,47,49,54-57,59-66,68-70,72-76H,3-11,13-40,42-46,48,50-53H2,1-2H3,(H,67,71)/b41-12+,49-47+. The summed E-state index contributed by atoms with van der Waals surface area (Å²) < 4.78 is 22.7. The number of rotatable bonds is 55. The fourth-order valence-electron chi connectivity index (χ4n) is 11.3. The second kappa shape index (κ2) is 51.9. The summed E-state index contributed by atoms with van der Waals surface area (Å²) in [5, 5.41) is 86.8. The van der Waals surface area contributed by atoms with Gasteiger partial charge < -0.3 is 65.1 Å². The average Bonchev–Trinajstić information content (AvgIpc) is 3.49. The maximum atomic E-state index is 13.2. The largest absolute Gasteiger partial charge is 0.394 e. The molecule has 2 heterocycles. The Balaban J connectivity index is 1.52. The zero-order chi connectivity index (χ0) is 58.1. The van der Waals surface area contributed by atoms with Gasteiger partial charge in [-0.2, -0.15) is 0 Å². The van der Waals surface area contributed by atoms with Crippen molar-refractivity contribution in [1.82, 2.24) is 5.32 Å². The summed E-state index contributed by atoms with van der Waals surface area (Å²) >= 11 is 0. The van der Waals surface area contributed by atoms with Gasteiger partial charge in [-0.05, 0) is 32.1 Å². The molecule has 1 amide bonds. The Labute approximate surface area is 488 Å². The van der Waals surface area contributed by atoms with E-state index in [0.29, 0.717) is 12.8 Å². The molecule has 14 heteroatoms. The predicted molar refractivity (Wildman–Crippen MR) is 323 cm³/mol. The third-order valence-corrected chi connectivity index (χ3v) is 16.6. The normalized spacial score (nSPS) is 24.3. The zero-order valence-electron chi connectivity index (χ0n) is 51.1. The number of ether oxygens (including phenoxy) is 4. The predicted octanol–water partition coefficient (Wildman–Crippen LogP) is 12.8. The molecule has 0 bridgehead atoms. The molecule has 0 saturated carbocycles. The van der Waals surface area contributed by atoms with E-state index in [1.165, 1.54) is 225 Å². The number of allylic oxidation sites excluding steroid dienone is 3. The first-order valence-corrected chi connectivity index (χ1v) is 33.6. The van der Waals surface area contributed by atoms with E-state index in [4.69, 9.17) is 18.9 Å². The number of carbonyl (C=O) groups is 1. The quantitative estimate of drug-likeness (QED) is 0.0204. The molecule has 0 aliphatic carbocycles. The van der Waals surface area contributed by atoms with E-state index >= 15 is 0 Å². The Morgan fingerprint density at radius 3 is 1.23 bits per heavy atom. The topological polar surface area (TPSA) is 228 Å². The molecule has 2 saturated heterocycles. The van der Waals surface area contributed by atoms with Gasteiger partial charge in [0.15, 0.2) is 12.6 Å². The van der Waals surface area contributed by atoms with Crippen LogP contribution in [0.3, 0.4) is 0 Å². The van der Waals surface area contributed by atoms with Gasteiger partial charge in [0.1, 0.15) is 48.8 Å². The number of aliphatic hydroxyl groups is 8. The summed E-state index contributed by atoms with van der Waals surface area (Å²) in [6.07, 6.45) is 47.3. The van der Waals surface area contributed by atoms with Gasteiger partial charge >= 0.3 is 0 Å². The van der Waals surface area contributed by atoms with Gasteiger partial charge in [-0.25, -0.2) is 0 Å². The molecule has 0 spiro atoms. The Bertz CT molecular complexity index is 1440. The van der Waals surface area contributed by atoms with Crippen molar-refractivity contribution < 1.29 is 64.6 Å². The minimum Gasteiger partial charge on any atom is -0.394 e. The van der Waals surface area contributed by atoms with Crippen LogP contribution >= 0.6 is 0 Å². The molecule has 12 unspecified atom stereocenters. The Kier molecular flexibility index (Phi) is 48.3. The van der Waals surface area contributed by atoms with Gasteiger partial charge in [-0.1, -0.05) is 282 Å². The number of nitrogens with one attached hydrogen (secondary N) is 1. The fourth-order valence-corrected chi connectivity index (χ4v) is 11.3. The molecule has 0 aromatic heterocycles. The number of hydrogen-bond donors (Lipinski definition) is 9. The van der Waals surface area contributed by atoms with E-state index in [9.17, 15) is 45.6 Å². The summed E-state index contributed by atoms with van der Waals surface area (Å²) in [4.78, 5) is 13.2. The minimum atomic E-state index is -1.79. The highest BCUT2D eigenvalue weighted by Crippen LogP contribution is 2.30. The van der Waals surface area contributed by atoms with Crippen LogP contribution < -0.4 is 5.32 Å². The van der Waals surface area contributed by atoms with Gasteiger partial charge in [-0.15, -0.1) is 0 Å². The molecule has 2 fully saturated rings. The molecule has 12 atom stereocenters. The van der Waals surface area contributed by atoms with E-state index in [2.05, 4.69) is 31.3 Å². The number of unbranched alkanes of at least 4 members (excludes halogenated alkanes) is 40. The van der Waals surface area contributed by atoms with Crippen molar-refractivity contribution in [3.05, 3.63) is 24.3 Å². The molecular weight excluding hydrogens is 1010 g/mol. The van der Waals surface area contributed by atoms with Crippen LogP contribution in [0.4, 0.5) is 0 Å². The van der Waals surface area contributed by atoms with Crippen LogP contribution in [0.2, 0.25) is 0 Å². The van der Waals surface area contributed by atoms with Crippen molar-refractivity contribution >= 4 is 5.91 Å². The SMILES string of the molecule is CCCCC/C=C/CC/C=C/C(O)C(COC1OC(CO)C(OC2OC(CO)C(O)C(O)C2O)C(O)C1O)NC(=O)CCCCCCCCCCCCCCCCCCCCCCCCCCCCCCCCCCCCCCC. The molecule has 14 nitrogen and oxygen atoms in total. The second-order valence-electron chi connectivity index (χ2n) is 24.0. The molecule has 0 aromatic rings. The highest BCUT2D eigenvalue weighted by atomic mass is 16.7. The van der Waals surface area contributed by atoms with Crippen molar-refractivity contribution in [1.29, 1.82) is 0 Å². The Morgan fingerprint density at radius 1 is 0.438 bits per heavy atom. The monoisotopic (exact) mass is 1140 g/mol. The fraction of sp³-hybridized carbons (Fsp3) is 0.924. The molecule has 2 aliphatic heterocycles. The summed E-state index contributed by atoms with van der Waals surface area (Å²) in [6.45, 7) is 2.74. The van der Waals surface area contributed by atoms with Crippen molar-refractivity contribution in [2.75, 3.05) is 19.8 Å². The first-order chi connectivity index (χ1) is 39.1. The van der Waals surface area contributed by atoms with Crippen LogP contribution in [-0.2, 0) is 23.7 Å². The van der Waals surface area contributed by atoms with Crippen molar-refractivity contribution in [2.45, 2.75) is 370 Å². The van der Waals surface area contributed by atoms with Crippen LogP contribution in [-0.4, -0.2) is 140 Å². The lowest BCUT2D eigenvalue weighted by molar-refractivity contribution is -0.359. The maximum Gasteiger partial charge on any atom is 0.220 e. The number of hydrogen-bond acceptors (Lipinski definition) is 13. The van der Waals surface area contributed by atoms with Gasteiger partial charge in [0, 0.05) is 6.42 Å². The smallest absolute Gasteiger partial charge is 0.220 e. The first kappa shape index (κ1) is 74.6. The first-order valence-electron chi connectivity index (χ1n) is 33.6. The molecule has 0 radical (unpaired) electrons. The number of carbonyl (C=O) groups excluding carboxylic acids is 1. The summed E-state index contributed by atoms with van der Waals surface area (Å²) in [6, 6.07) is -0.926. The third kappa shape index (κ3) is 36.3. The van der Waals surface area contributed by atoms with Crippen LogP contribution in [0.25, 0.3) is 0 Å². The highest BCUT2D eigenvalue weighted by Gasteiger charge is 2.51. The average molecular weight is 1140 g/mol. The Morgan fingerprint density at radius 2 is 0.800 bits per heavy atom. The van der Waals surface area contributed by atoms with Gasteiger partial charge in [-0.3, -0.25) is 4.79 Å². The molecular formula is C66H125NO13. The number of aliphatic hydroxyl groups excluding tert-OH is 8. The lowest BCUT2D eigenvalue weighted by atomic mass is 9.97. The number of amides is 1. The van der Waals surface area contributed by atoms with Crippen LogP contribution in [0.15, 0.2) is 24.3 Å². The maximum absolute atomic E-state index is 13.2. The Hall–Kier alpha value is -1.53. The van der Waals surface area contributed by atoms with Crippen molar-refractivity contribution in [2.24, 2.45) is 0 Å². The van der Waals surface area contributed by atoms with E-state index in [0.717, 1.165) is 38.5 Å². The third-order valence-electron chi connectivity index (χ3n) is 16.6. The van der Waals surface area contributed by atoms with Crippen LogP contribution in [0, 0.1) is 0 Å². The van der Waals surface area contributed by atoms with E-state index in [1.807, 2.05) is 6.08 Å². The minimum absolute atomic E-state index is 0.247. The molecule has 0 aromatic carbocycles. The lowest BCUT2D eigenvalue weighted by Crippen LogP contribution is -2.65. The molecule has 9 N–H and O–H groups in total. The van der Waals surface area contributed by atoms with E-state index in [-0.39, 0.29) is 18.9 Å². The summed E-state index contributed by atoms with van der Waals surface area (Å²) in [5.74, 6) is -0.247. The van der Waals surface area contributed by atoms with Gasteiger partial charge in [0.05, 0.1) is 32.0 Å². The molecule has 2 rings (SSSR count).